The van der Waals surface area contributed by atoms with Crippen molar-refractivity contribution in [2.24, 2.45) is 4.99 Å². The van der Waals surface area contributed by atoms with Crippen LogP contribution in [0.15, 0.2) is 4.99 Å². The van der Waals surface area contributed by atoms with Gasteiger partial charge in [-0.3, -0.25) is 4.99 Å². The van der Waals surface area contributed by atoms with Crippen LogP contribution in [-0.4, -0.2) is 48.5 Å². The van der Waals surface area contributed by atoms with Gasteiger partial charge in [-0.2, -0.15) is 0 Å². The highest BCUT2D eigenvalue weighted by Gasteiger charge is 2.24. The molecule has 0 atom stereocenters. The van der Waals surface area contributed by atoms with Crippen LogP contribution in [-0.2, 0) is 0 Å². The van der Waals surface area contributed by atoms with E-state index in [1.807, 2.05) is 0 Å². The molecule has 2 aliphatic rings. The monoisotopic (exact) mass is 251 g/mol. The molecule has 1 fully saturated rings. The molecule has 2 rings (SSSR count). The highest BCUT2D eigenvalue weighted by atomic mass is 15.4. The van der Waals surface area contributed by atoms with Gasteiger partial charge >= 0.3 is 0 Å². The number of hydrogen-bond donors (Lipinski definition) is 0. The first-order chi connectivity index (χ1) is 8.92. The molecule has 3 heteroatoms. The second-order valence-corrected chi connectivity index (χ2v) is 5.63. The molecule has 104 valence electrons. The van der Waals surface area contributed by atoms with Crippen LogP contribution >= 0.6 is 0 Å². The molecule has 2 aliphatic heterocycles. The van der Waals surface area contributed by atoms with E-state index in [-0.39, 0.29) is 0 Å². The van der Waals surface area contributed by atoms with Gasteiger partial charge in [-0.15, -0.1) is 0 Å². The Morgan fingerprint density at radius 3 is 2.61 bits per heavy atom. The van der Waals surface area contributed by atoms with E-state index in [9.17, 15) is 0 Å². The van der Waals surface area contributed by atoms with Gasteiger partial charge in [-0.05, 0) is 19.3 Å². The normalized spacial score (nSPS) is 19.7. The third-order valence-corrected chi connectivity index (χ3v) is 4.04. The van der Waals surface area contributed by atoms with Crippen LogP contribution < -0.4 is 0 Å². The summed E-state index contributed by atoms with van der Waals surface area (Å²) < 4.78 is 0. The van der Waals surface area contributed by atoms with Gasteiger partial charge in [-0.1, -0.05) is 39.0 Å². The summed E-state index contributed by atoms with van der Waals surface area (Å²) in [5.74, 6) is 1.31. The Balaban J connectivity index is 1.66. The first-order valence-electron chi connectivity index (χ1n) is 7.96. The van der Waals surface area contributed by atoms with E-state index >= 15 is 0 Å². The van der Waals surface area contributed by atoms with Gasteiger partial charge in [0.2, 0.25) is 0 Å². The first kappa shape index (κ1) is 13.7. The summed E-state index contributed by atoms with van der Waals surface area (Å²) in [6.07, 6.45) is 10.9. The molecule has 0 spiro atoms. The third kappa shape index (κ3) is 3.89. The molecule has 0 aromatic carbocycles. The molecular weight excluding hydrogens is 222 g/mol. The van der Waals surface area contributed by atoms with Crippen LogP contribution in [0.1, 0.15) is 58.3 Å². The number of guanidine groups is 1. The minimum atomic E-state index is 1.04. The van der Waals surface area contributed by atoms with Crippen molar-refractivity contribution < 1.29 is 0 Å². The van der Waals surface area contributed by atoms with Gasteiger partial charge in [0.1, 0.15) is 0 Å². The van der Waals surface area contributed by atoms with Crippen LogP contribution in [0.5, 0.6) is 0 Å². The lowest BCUT2D eigenvalue weighted by atomic mass is 10.1. The summed E-state index contributed by atoms with van der Waals surface area (Å²) in [5, 5.41) is 0. The maximum absolute atomic E-state index is 4.73. The van der Waals surface area contributed by atoms with Crippen LogP contribution in [0.2, 0.25) is 0 Å². The Kier molecular flexibility index (Phi) is 5.82. The first-order valence-corrected chi connectivity index (χ1v) is 7.96. The summed E-state index contributed by atoms with van der Waals surface area (Å²) in [6, 6.07) is 0. The smallest absolute Gasteiger partial charge is 0.196 e. The Hall–Kier alpha value is -0.730. The predicted molar refractivity (Wildman–Crippen MR) is 78.1 cm³/mol. The molecule has 0 N–H and O–H groups in total. The average Bonchev–Trinajstić information content (AvgIpc) is 2.43. The maximum Gasteiger partial charge on any atom is 0.196 e. The van der Waals surface area contributed by atoms with Crippen LogP contribution in [0, 0.1) is 0 Å². The number of rotatable bonds is 7. The quantitative estimate of drug-likeness (QED) is 0.647. The number of hydrogen-bond acceptors (Lipinski definition) is 3. The van der Waals surface area contributed by atoms with Gasteiger partial charge < -0.3 is 9.80 Å². The number of aliphatic imine (C=N–C) groups is 1. The zero-order valence-electron chi connectivity index (χ0n) is 12.0. The molecule has 18 heavy (non-hydrogen) atoms. The van der Waals surface area contributed by atoms with Crippen molar-refractivity contribution in [2.45, 2.75) is 58.3 Å². The summed E-state index contributed by atoms with van der Waals surface area (Å²) in [4.78, 5) is 9.75. The lowest BCUT2D eigenvalue weighted by Gasteiger charge is -2.41. The number of fused-ring (bicyclic) bond motifs is 1. The molecule has 0 bridgehead atoms. The second kappa shape index (κ2) is 7.65. The Morgan fingerprint density at radius 1 is 0.944 bits per heavy atom. The van der Waals surface area contributed by atoms with Crippen molar-refractivity contribution in [2.75, 3.05) is 32.7 Å². The lowest BCUT2D eigenvalue weighted by Crippen LogP contribution is -2.52. The third-order valence-electron chi connectivity index (χ3n) is 4.04. The fourth-order valence-electron chi connectivity index (χ4n) is 3.00. The molecule has 0 radical (unpaired) electrons. The molecule has 0 saturated carbocycles. The van der Waals surface area contributed by atoms with E-state index in [2.05, 4.69) is 16.7 Å². The van der Waals surface area contributed by atoms with Crippen molar-refractivity contribution in [1.29, 1.82) is 0 Å². The molecule has 3 nitrogen and oxygen atoms in total. The number of nitrogens with zero attached hydrogens (tertiary/aromatic N) is 3. The highest BCUT2D eigenvalue weighted by Crippen LogP contribution is 2.15. The minimum Gasteiger partial charge on any atom is -0.343 e. The highest BCUT2D eigenvalue weighted by molar-refractivity contribution is 5.81. The Bertz CT molecular complexity index is 262. The van der Waals surface area contributed by atoms with E-state index in [1.165, 1.54) is 83.5 Å². The summed E-state index contributed by atoms with van der Waals surface area (Å²) in [5.41, 5.74) is 0. The zero-order valence-corrected chi connectivity index (χ0v) is 12.0. The zero-order chi connectivity index (χ0) is 12.6. The molecular formula is C15H29N3. The van der Waals surface area contributed by atoms with Gasteiger partial charge in [0.25, 0.3) is 0 Å². The van der Waals surface area contributed by atoms with Crippen molar-refractivity contribution in [3.8, 4) is 0 Å². The predicted octanol–water partition coefficient (Wildman–Crippen LogP) is 3.11. The van der Waals surface area contributed by atoms with E-state index in [4.69, 9.17) is 4.99 Å². The minimum absolute atomic E-state index is 1.04. The SMILES string of the molecule is CCCCCCCCN1CCCN2CCCN=C12. The Morgan fingerprint density at radius 2 is 1.72 bits per heavy atom. The van der Waals surface area contributed by atoms with Crippen molar-refractivity contribution in [3.63, 3.8) is 0 Å². The fraction of sp³-hybridized carbons (Fsp3) is 0.933. The van der Waals surface area contributed by atoms with Crippen LogP contribution in [0.25, 0.3) is 0 Å². The molecule has 2 heterocycles. The maximum atomic E-state index is 4.73. The molecule has 0 aromatic rings. The van der Waals surface area contributed by atoms with E-state index in [0.717, 1.165) is 6.54 Å². The van der Waals surface area contributed by atoms with Crippen LogP contribution in [0.4, 0.5) is 0 Å². The molecule has 0 aromatic heterocycles. The molecule has 0 aliphatic carbocycles. The van der Waals surface area contributed by atoms with Gasteiger partial charge in [0.05, 0.1) is 0 Å². The lowest BCUT2D eigenvalue weighted by molar-refractivity contribution is 0.241. The summed E-state index contributed by atoms with van der Waals surface area (Å²) >= 11 is 0. The van der Waals surface area contributed by atoms with Crippen molar-refractivity contribution in [3.05, 3.63) is 0 Å². The fourth-order valence-corrected chi connectivity index (χ4v) is 3.00. The largest absolute Gasteiger partial charge is 0.343 e. The standard InChI is InChI=1S/C15H29N3/c1-2-3-4-5-6-7-11-17-13-9-14-18-12-8-10-16-15(17)18/h2-14H2,1H3. The Labute approximate surface area is 112 Å². The number of unbranched alkanes of at least 4 members (excludes halogenated alkanes) is 5. The summed E-state index contributed by atoms with van der Waals surface area (Å²) in [7, 11) is 0. The van der Waals surface area contributed by atoms with E-state index < -0.39 is 0 Å². The van der Waals surface area contributed by atoms with Crippen LogP contribution in [0.3, 0.4) is 0 Å². The second-order valence-electron chi connectivity index (χ2n) is 5.63. The van der Waals surface area contributed by atoms with Gasteiger partial charge in [-0.25, -0.2) is 0 Å². The average molecular weight is 251 g/mol. The van der Waals surface area contributed by atoms with Crippen molar-refractivity contribution in [1.82, 2.24) is 9.80 Å². The molecule has 1 saturated heterocycles. The van der Waals surface area contributed by atoms with Gasteiger partial charge in [0, 0.05) is 32.7 Å². The molecule has 0 amide bonds. The van der Waals surface area contributed by atoms with Gasteiger partial charge in [0.15, 0.2) is 5.96 Å². The van der Waals surface area contributed by atoms with Crippen molar-refractivity contribution >= 4 is 5.96 Å². The summed E-state index contributed by atoms with van der Waals surface area (Å²) in [6.45, 7) is 8.23. The topological polar surface area (TPSA) is 18.8 Å². The molecule has 0 unspecified atom stereocenters. The van der Waals surface area contributed by atoms with E-state index in [0.29, 0.717) is 0 Å². The van der Waals surface area contributed by atoms with E-state index in [1.54, 1.807) is 0 Å².